The second-order valence-corrected chi connectivity index (χ2v) is 18.6. The average molecular weight is 901 g/mol. The number of benzene rings is 2. The lowest BCUT2D eigenvalue weighted by Crippen LogP contribution is -2.44. The number of nitrogens with zero attached hydrogens (tertiary/aromatic N) is 6. The second kappa shape index (κ2) is 20.4. The zero-order valence-corrected chi connectivity index (χ0v) is 37.2. The Bertz CT molecular complexity index is 1990. The van der Waals surface area contributed by atoms with E-state index >= 15 is 4.79 Å². The molecule has 0 radical (unpaired) electrons. The fourth-order valence-electron chi connectivity index (χ4n) is 8.67. The maximum atomic E-state index is 15.5. The smallest absolute Gasteiger partial charge is 0.471 e. The summed E-state index contributed by atoms with van der Waals surface area (Å²) in [7, 11) is 0. The quantitative estimate of drug-likeness (QED) is 0.100. The molecule has 0 amide bonds. The lowest BCUT2D eigenvalue weighted by Gasteiger charge is -2.40. The number of hydrogen-bond acceptors (Lipinski definition) is 11. The van der Waals surface area contributed by atoms with E-state index in [0.29, 0.717) is 88.1 Å². The Kier molecular flexibility index (Phi) is 15.5. The highest BCUT2D eigenvalue weighted by Crippen LogP contribution is 2.40. The van der Waals surface area contributed by atoms with Crippen molar-refractivity contribution in [2.75, 3.05) is 26.2 Å². The summed E-state index contributed by atoms with van der Waals surface area (Å²) in [4.78, 5) is 37.8. The lowest BCUT2D eigenvalue weighted by molar-refractivity contribution is -0.275. The van der Waals surface area contributed by atoms with Gasteiger partial charge in [-0.05, 0) is 141 Å². The number of piperidine rings is 2. The Hall–Kier alpha value is -5.03. The molecule has 2 unspecified atom stereocenters. The van der Waals surface area contributed by atoms with Gasteiger partial charge in [-0.15, -0.1) is 26.3 Å². The van der Waals surface area contributed by atoms with Crippen molar-refractivity contribution < 1.29 is 50.1 Å². The van der Waals surface area contributed by atoms with E-state index in [4.69, 9.17) is 9.47 Å². The zero-order valence-electron chi connectivity index (χ0n) is 37.2. The molecule has 64 heavy (non-hydrogen) atoms. The number of alkyl halides is 6. The largest absolute Gasteiger partial charge is 0.573 e. The van der Waals surface area contributed by atoms with Crippen LogP contribution in [0.25, 0.3) is 0 Å². The molecule has 11 nitrogen and oxygen atoms in total. The Morgan fingerprint density at radius 2 is 0.906 bits per heavy atom. The predicted molar refractivity (Wildman–Crippen MR) is 226 cm³/mol. The molecule has 17 heteroatoms. The normalized spacial score (nSPS) is 17.4. The van der Waals surface area contributed by atoms with E-state index < -0.39 is 47.3 Å². The molecule has 0 bridgehead atoms. The zero-order chi connectivity index (χ0) is 46.3. The summed E-state index contributed by atoms with van der Waals surface area (Å²) in [6.45, 7) is 14.6. The van der Waals surface area contributed by atoms with Crippen molar-refractivity contribution in [3.63, 3.8) is 0 Å². The van der Waals surface area contributed by atoms with Gasteiger partial charge in [0.2, 0.25) is 11.8 Å². The van der Waals surface area contributed by atoms with Crippen LogP contribution in [-0.4, -0.2) is 85.6 Å². The van der Waals surface area contributed by atoms with Gasteiger partial charge >= 0.3 is 12.7 Å². The summed E-state index contributed by atoms with van der Waals surface area (Å²) in [5.74, 6) is -2.26. The molecule has 0 aliphatic carbocycles. The number of likely N-dealkylation sites (tertiary alicyclic amines) is 2. The molecular weight excluding hydrogens is 843 g/mol. The first-order valence-corrected chi connectivity index (χ1v) is 21.7. The van der Waals surface area contributed by atoms with Gasteiger partial charge in [-0.3, -0.25) is 24.6 Å². The van der Waals surface area contributed by atoms with Crippen LogP contribution in [0.4, 0.5) is 26.3 Å². The van der Waals surface area contributed by atoms with Crippen molar-refractivity contribution in [2.24, 2.45) is 23.7 Å². The number of carbonyl (C=O) groups excluding carboxylic acids is 1. The van der Waals surface area contributed by atoms with E-state index in [0.717, 1.165) is 0 Å². The van der Waals surface area contributed by atoms with Gasteiger partial charge in [0, 0.05) is 49.7 Å². The topological polar surface area (TPSA) is 112 Å². The van der Waals surface area contributed by atoms with Gasteiger partial charge < -0.3 is 18.9 Å². The van der Waals surface area contributed by atoms with E-state index in [1.807, 2.05) is 41.5 Å². The Morgan fingerprint density at radius 3 is 1.25 bits per heavy atom. The van der Waals surface area contributed by atoms with Crippen molar-refractivity contribution in [1.82, 2.24) is 29.7 Å². The molecule has 348 valence electrons. The van der Waals surface area contributed by atoms with E-state index in [9.17, 15) is 26.3 Å². The molecule has 6 rings (SSSR count). The number of halogens is 6. The van der Waals surface area contributed by atoms with Crippen LogP contribution >= 0.6 is 0 Å². The van der Waals surface area contributed by atoms with Crippen LogP contribution in [0.15, 0.2) is 73.3 Å². The van der Waals surface area contributed by atoms with Crippen LogP contribution in [0.5, 0.6) is 23.3 Å². The third kappa shape index (κ3) is 14.5. The van der Waals surface area contributed by atoms with Crippen molar-refractivity contribution in [2.45, 2.75) is 117 Å². The minimum absolute atomic E-state index is 0.0528. The number of para-hydroxylation sites is 2. The molecule has 0 spiro atoms. The van der Waals surface area contributed by atoms with Crippen LogP contribution in [-0.2, 0) is 30.7 Å². The van der Waals surface area contributed by atoms with E-state index in [-0.39, 0.29) is 41.6 Å². The van der Waals surface area contributed by atoms with Gasteiger partial charge in [-0.25, -0.2) is 9.97 Å². The summed E-state index contributed by atoms with van der Waals surface area (Å²) >= 11 is 0. The lowest BCUT2D eigenvalue weighted by atomic mass is 9.69. The van der Waals surface area contributed by atoms with Crippen LogP contribution in [0.3, 0.4) is 0 Å². The number of ketones is 1. The molecule has 0 N–H and O–H groups in total. The van der Waals surface area contributed by atoms with Crippen LogP contribution in [0.2, 0.25) is 0 Å². The van der Waals surface area contributed by atoms with Crippen molar-refractivity contribution >= 4 is 5.78 Å². The van der Waals surface area contributed by atoms with Gasteiger partial charge in [0.05, 0.1) is 0 Å². The standard InChI is InChI=1S/C47H58F6N6O5/c1-44(2,3)63-42-37(54-19-21-56-42)29-58-23-15-31(16-24-58)35(27-33-11-7-9-13-39(33)61-46(48,49)50)41(60)36(28-34-12-8-10-14-40(34)62-47(51,52)53)32-17-25-59(26-18-32)30-38-43(57-22-20-55-38)64-45(4,5)6/h7-14,19-22,31-32,35-36H,15-18,23-30H2,1-6H3. The Morgan fingerprint density at radius 1 is 0.562 bits per heavy atom. The third-order valence-electron chi connectivity index (χ3n) is 11.4. The summed E-state index contributed by atoms with van der Waals surface area (Å²) < 4.78 is 103. The highest BCUT2D eigenvalue weighted by Gasteiger charge is 2.42. The first-order chi connectivity index (χ1) is 30.1. The van der Waals surface area contributed by atoms with Crippen LogP contribution in [0, 0.1) is 23.7 Å². The number of Topliss-reactive ketones (excluding diaryl/α,β-unsaturated/α-hetero) is 1. The van der Waals surface area contributed by atoms with Crippen molar-refractivity contribution in [3.05, 3.63) is 95.8 Å². The predicted octanol–water partition coefficient (Wildman–Crippen LogP) is 9.83. The molecule has 2 aliphatic rings. The van der Waals surface area contributed by atoms with Crippen LogP contribution in [0.1, 0.15) is 89.7 Å². The highest BCUT2D eigenvalue weighted by atomic mass is 19.4. The number of carbonyl (C=O) groups is 1. The number of ether oxygens (including phenoxy) is 4. The first-order valence-electron chi connectivity index (χ1n) is 21.7. The number of rotatable bonds is 16. The summed E-state index contributed by atoms with van der Waals surface area (Å²) in [6.07, 6.45) is -1.58. The van der Waals surface area contributed by atoms with E-state index in [1.54, 1.807) is 36.9 Å². The van der Waals surface area contributed by atoms with Gasteiger partial charge in [0.15, 0.2) is 0 Å². The van der Waals surface area contributed by atoms with Gasteiger partial charge in [-0.2, -0.15) is 0 Å². The summed E-state index contributed by atoms with van der Waals surface area (Å²) in [5.41, 5.74) is 0.734. The maximum Gasteiger partial charge on any atom is 0.573 e. The molecule has 2 aliphatic heterocycles. The van der Waals surface area contributed by atoms with Gasteiger partial charge in [0.1, 0.15) is 39.9 Å². The second-order valence-electron chi connectivity index (χ2n) is 18.6. The minimum Gasteiger partial charge on any atom is -0.471 e. The minimum atomic E-state index is -4.97. The monoisotopic (exact) mass is 900 g/mol. The molecule has 2 aromatic heterocycles. The molecule has 2 saturated heterocycles. The molecule has 2 atom stereocenters. The number of aromatic nitrogens is 4. The third-order valence-corrected chi connectivity index (χ3v) is 11.4. The number of hydrogen-bond donors (Lipinski definition) is 0. The SMILES string of the molecule is CC(C)(C)Oc1nccnc1CN1CCC(C(Cc2ccccc2OC(F)(F)F)C(=O)C(Cc2ccccc2OC(F)(F)F)C2CCN(Cc3nccnc3OC(C)(C)C)CC2)CC1. The van der Waals surface area contributed by atoms with Gasteiger partial charge in [-0.1, -0.05) is 36.4 Å². The van der Waals surface area contributed by atoms with Crippen molar-refractivity contribution in [3.8, 4) is 23.3 Å². The Balaban J connectivity index is 1.30. The molecule has 4 heterocycles. The molecule has 2 aromatic carbocycles. The molecular formula is C47H58F6N6O5. The van der Waals surface area contributed by atoms with Gasteiger partial charge in [0.25, 0.3) is 0 Å². The van der Waals surface area contributed by atoms with E-state index in [2.05, 4.69) is 39.2 Å². The van der Waals surface area contributed by atoms with E-state index in [1.165, 1.54) is 36.4 Å². The van der Waals surface area contributed by atoms with Crippen LogP contribution < -0.4 is 18.9 Å². The van der Waals surface area contributed by atoms with Crippen molar-refractivity contribution in [1.29, 1.82) is 0 Å². The fraction of sp³-hybridized carbons (Fsp3) is 0.553. The summed E-state index contributed by atoms with van der Waals surface area (Å²) in [5, 5.41) is 0. The molecule has 4 aromatic rings. The average Bonchev–Trinajstić information content (AvgIpc) is 3.20. The first kappa shape index (κ1) is 48.4. The highest BCUT2D eigenvalue weighted by molar-refractivity contribution is 5.85. The molecule has 2 fully saturated rings. The Labute approximate surface area is 370 Å². The fourth-order valence-corrected chi connectivity index (χ4v) is 8.67. The maximum absolute atomic E-state index is 15.5. The molecule has 0 saturated carbocycles. The summed E-state index contributed by atoms with van der Waals surface area (Å²) in [6, 6.07) is 11.6.